The molecule has 138 valence electrons. The monoisotopic (exact) mass is 393 g/mol. The summed E-state index contributed by atoms with van der Waals surface area (Å²) < 4.78 is 4.96. The molecule has 2 aromatic rings. The van der Waals surface area contributed by atoms with Crippen LogP contribution in [0.15, 0.2) is 24.3 Å². The van der Waals surface area contributed by atoms with Gasteiger partial charge in [-0.15, -0.1) is 11.3 Å². The molecule has 1 heterocycles. The molecule has 0 spiro atoms. The van der Waals surface area contributed by atoms with Gasteiger partial charge in [-0.25, -0.2) is 4.98 Å². The number of rotatable bonds is 6. The second-order valence-electron chi connectivity index (χ2n) is 6.02. The summed E-state index contributed by atoms with van der Waals surface area (Å²) in [6, 6.07) is 6.67. The lowest BCUT2D eigenvalue weighted by Gasteiger charge is -2.20. The predicted octanol–water partition coefficient (Wildman–Crippen LogP) is 3.23. The van der Waals surface area contributed by atoms with Gasteiger partial charge in [-0.1, -0.05) is 11.6 Å². The van der Waals surface area contributed by atoms with E-state index in [9.17, 15) is 9.59 Å². The third-order valence-electron chi connectivity index (χ3n) is 4.20. The Morgan fingerprint density at radius 1 is 1.35 bits per heavy atom. The number of thiazole rings is 1. The van der Waals surface area contributed by atoms with E-state index in [1.165, 1.54) is 11.3 Å². The summed E-state index contributed by atoms with van der Waals surface area (Å²) in [5.74, 6) is -0.550. The van der Waals surface area contributed by atoms with Crippen LogP contribution in [0.5, 0.6) is 0 Å². The Balaban J connectivity index is 1.71. The number of methoxy groups -OCH3 is 1. The molecule has 26 heavy (non-hydrogen) atoms. The molecule has 1 unspecified atom stereocenters. The number of anilines is 1. The van der Waals surface area contributed by atoms with Crippen LogP contribution in [-0.2, 0) is 16.0 Å². The van der Waals surface area contributed by atoms with Crippen molar-refractivity contribution in [1.29, 1.82) is 0 Å². The number of halogens is 1. The highest BCUT2D eigenvalue weighted by Gasteiger charge is 2.30. The summed E-state index contributed by atoms with van der Waals surface area (Å²) in [6.07, 6.45) is 2.58. The van der Waals surface area contributed by atoms with E-state index in [1.807, 2.05) is 0 Å². The Kier molecular flexibility index (Phi) is 6.24. The summed E-state index contributed by atoms with van der Waals surface area (Å²) >= 11 is 7.29. The van der Waals surface area contributed by atoms with Crippen molar-refractivity contribution in [1.82, 2.24) is 10.3 Å². The second-order valence-corrected chi connectivity index (χ2v) is 7.54. The number of amides is 2. The fourth-order valence-electron chi connectivity index (χ4n) is 2.90. The van der Waals surface area contributed by atoms with Crippen LogP contribution in [-0.4, -0.2) is 37.1 Å². The number of ether oxygens (including phenoxy) is 1. The average Bonchev–Trinajstić information content (AvgIpc) is 3.04. The van der Waals surface area contributed by atoms with Crippen LogP contribution in [0.2, 0.25) is 5.02 Å². The van der Waals surface area contributed by atoms with Gasteiger partial charge in [-0.3, -0.25) is 14.9 Å². The summed E-state index contributed by atoms with van der Waals surface area (Å²) in [5, 5.41) is 6.79. The normalized spacial score (nSPS) is 16.0. The standard InChI is InChI=1S/C18H20ClN3O3S/c1-25-10-9-20-17(24)13-3-2-4-14-15(13)21-18(26-14)22-16(23)11-5-7-12(19)8-6-11/h5-8,13H,2-4,9-10H2,1H3,(H,20,24)(H,21,22,23). The van der Waals surface area contributed by atoms with Gasteiger partial charge in [-0.2, -0.15) is 0 Å². The van der Waals surface area contributed by atoms with Crippen molar-refractivity contribution in [3.8, 4) is 0 Å². The molecular formula is C18H20ClN3O3S. The Morgan fingerprint density at radius 3 is 2.85 bits per heavy atom. The largest absolute Gasteiger partial charge is 0.383 e. The van der Waals surface area contributed by atoms with E-state index in [-0.39, 0.29) is 17.7 Å². The van der Waals surface area contributed by atoms with Crippen LogP contribution in [0.3, 0.4) is 0 Å². The van der Waals surface area contributed by atoms with Gasteiger partial charge in [0.2, 0.25) is 5.91 Å². The summed E-state index contributed by atoms with van der Waals surface area (Å²) in [6.45, 7) is 0.955. The molecule has 0 bridgehead atoms. The van der Waals surface area contributed by atoms with Crippen molar-refractivity contribution >= 4 is 39.9 Å². The number of aryl methyl sites for hydroxylation is 1. The maximum atomic E-state index is 12.4. The highest BCUT2D eigenvalue weighted by atomic mass is 35.5. The van der Waals surface area contributed by atoms with E-state index in [2.05, 4.69) is 15.6 Å². The number of aromatic nitrogens is 1. The van der Waals surface area contributed by atoms with Gasteiger partial charge in [0.1, 0.15) is 0 Å². The Morgan fingerprint density at radius 2 is 2.12 bits per heavy atom. The van der Waals surface area contributed by atoms with Crippen LogP contribution in [0.4, 0.5) is 5.13 Å². The Hall–Kier alpha value is -1.96. The Labute approximate surface area is 160 Å². The smallest absolute Gasteiger partial charge is 0.257 e. The molecule has 1 aromatic carbocycles. The van der Waals surface area contributed by atoms with Crippen molar-refractivity contribution in [2.45, 2.75) is 25.2 Å². The number of nitrogens with zero attached hydrogens (tertiary/aromatic N) is 1. The van der Waals surface area contributed by atoms with Gasteiger partial charge in [0.05, 0.1) is 18.2 Å². The average molecular weight is 394 g/mol. The van der Waals surface area contributed by atoms with Crippen molar-refractivity contribution in [3.63, 3.8) is 0 Å². The first-order valence-corrected chi connectivity index (χ1v) is 9.61. The van der Waals surface area contributed by atoms with Crippen molar-refractivity contribution in [2.75, 3.05) is 25.6 Å². The molecule has 1 aromatic heterocycles. The van der Waals surface area contributed by atoms with Crippen molar-refractivity contribution < 1.29 is 14.3 Å². The third-order valence-corrected chi connectivity index (χ3v) is 5.50. The maximum absolute atomic E-state index is 12.4. The zero-order valence-electron chi connectivity index (χ0n) is 14.4. The number of carbonyl (C=O) groups is 2. The lowest BCUT2D eigenvalue weighted by Crippen LogP contribution is -2.33. The fourth-order valence-corrected chi connectivity index (χ4v) is 4.08. The second kappa shape index (κ2) is 8.62. The van der Waals surface area contributed by atoms with E-state index in [1.54, 1.807) is 31.4 Å². The van der Waals surface area contributed by atoms with Crippen LogP contribution >= 0.6 is 22.9 Å². The van der Waals surface area contributed by atoms with Gasteiger partial charge in [0, 0.05) is 29.1 Å². The molecule has 6 nitrogen and oxygen atoms in total. The van der Waals surface area contributed by atoms with Crippen LogP contribution in [0.25, 0.3) is 0 Å². The van der Waals surface area contributed by atoms with Gasteiger partial charge in [-0.05, 0) is 43.5 Å². The minimum Gasteiger partial charge on any atom is -0.383 e. The molecule has 1 aliphatic carbocycles. The first-order chi connectivity index (χ1) is 12.6. The topological polar surface area (TPSA) is 80.3 Å². The number of carbonyl (C=O) groups excluding carboxylic acids is 2. The molecule has 2 N–H and O–H groups in total. The third kappa shape index (κ3) is 4.41. The quantitative estimate of drug-likeness (QED) is 0.738. The highest BCUT2D eigenvalue weighted by molar-refractivity contribution is 7.16. The molecule has 0 saturated heterocycles. The summed E-state index contributed by atoms with van der Waals surface area (Å²) in [5.41, 5.74) is 1.29. The van der Waals surface area contributed by atoms with E-state index in [0.29, 0.717) is 28.9 Å². The van der Waals surface area contributed by atoms with Crippen molar-refractivity contribution in [3.05, 3.63) is 45.4 Å². The van der Waals surface area contributed by atoms with Gasteiger partial charge >= 0.3 is 0 Å². The van der Waals surface area contributed by atoms with E-state index < -0.39 is 0 Å². The molecule has 0 fully saturated rings. The SMILES string of the molecule is COCCNC(=O)C1CCCc2sc(NC(=O)c3ccc(Cl)cc3)nc21. The van der Waals surface area contributed by atoms with Crippen LogP contribution < -0.4 is 10.6 Å². The van der Waals surface area contributed by atoms with Gasteiger partial charge in [0.25, 0.3) is 5.91 Å². The lowest BCUT2D eigenvalue weighted by atomic mass is 9.90. The Bertz CT molecular complexity index is 791. The molecule has 0 aliphatic heterocycles. The zero-order valence-corrected chi connectivity index (χ0v) is 16.0. The summed E-state index contributed by atoms with van der Waals surface area (Å²) in [4.78, 5) is 30.4. The number of nitrogens with one attached hydrogen (secondary N) is 2. The van der Waals surface area contributed by atoms with Gasteiger partial charge in [0.15, 0.2) is 5.13 Å². The fraction of sp³-hybridized carbons (Fsp3) is 0.389. The first kappa shape index (κ1) is 18.8. The van der Waals surface area contributed by atoms with E-state index >= 15 is 0 Å². The molecule has 1 atom stereocenters. The van der Waals surface area contributed by atoms with E-state index in [4.69, 9.17) is 16.3 Å². The lowest BCUT2D eigenvalue weighted by molar-refractivity contribution is -0.123. The van der Waals surface area contributed by atoms with Crippen molar-refractivity contribution in [2.24, 2.45) is 0 Å². The summed E-state index contributed by atoms with van der Waals surface area (Å²) in [7, 11) is 1.60. The molecule has 8 heteroatoms. The number of hydrogen-bond donors (Lipinski definition) is 2. The minimum atomic E-state index is -0.270. The van der Waals surface area contributed by atoms with E-state index in [0.717, 1.165) is 29.8 Å². The number of hydrogen-bond acceptors (Lipinski definition) is 5. The van der Waals surface area contributed by atoms with Gasteiger partial charge < -0.3 is 10.1 Å². The minimum absolute atomic E-state index is 0.0381. The molecule has 0 saturated carbocycles. The number of fused-ring (bicyclic) bond motifs is 1. The number of benzene rings is 1. The first-order valence-electron chi connectivity index (χ1n) is 8.41. The molecule has 3 rings (SSSR count). The molecule has 1 aliphatic rings. The zero-order chi connectivity index (χ0) is 18.5. The predicted molar refractivity (Wildman–Crippen MR) is 102 cm³/mol. The maximum Gasteiger partial charge on any atom is 0.257 e. The molecule has 2 amide bonds. The van der Waals surface area contributed by atoms with Crippen LogP contribution in [0, 0.1) is 0 Å². The molecular weight excluding hydrogens is 374 g/mol. The molecule has 0 radical (unpaired) electrons. The van der Waals surface area contributed by atoms with Crippen LogP contribution in [0.1, 0.15) is 39.7 Å². The highest BCUT2D eigenvalue weighted by Crippen LogP contribution is 2.37.